The third-order valence-corrected chi connectivity index (χ3v) is 3.69. The van der Waals surface area contributed by atoms with Crippen LogP contribution in [0.5, 0.6) is 0 Å². The highest BCUT2D eigenvalue weighted by molar-refractivity contribution is 4.92. The fraction of sp³-hybridized carbons (Fsp3) is 0.789. The second-order valence-electron chi connectivity index (χ2n) is 5.81. The molecule has 0 spiro atoms. The van der Waals surface area contributed by atoms with Crippen molar-refractivity contribution in [2.75, 3.05) is 6.73 Å². The van der Waals surface area contributed by atoms with E-state index in [9.17, 15) is 5.11 Å². The number of hydrogen-bond donors (Lipinski definition) is 2. The fourth-order valence-electron chi connectivity index (χ4n) is 2.32. The van der Waals surface area contributed by atoms with Gasteiger partial charge in [-0.3, -0.25) is 0 Å². The Bertz CT molecular complexity index is 264. The number of ether oxygens (including phenoxy) is 1. The van der Waals surface area contributed by atoms with Crippen molar-refractivity contribution in [3.05, 3.63) is 24.3 Å². The van der Waals surface area contributed by atoms with Crippen LogP contribution in [0.25, 0.3) is 0 Å². The quantitative estimate of drug-likeness (QED) is 0.238. The Balaban J connectivity index is 3.20. The molecule has 0 bridgehead atoms. The molecule has 0 aromatic heterocycles. The lowest BCUT2D eigenvalue weighted by Gasteiger charge is -2.09. The molecular weight excluding hydrogens is 274 g/mol. The molecule has 0 aliphatic carbocycles. The zero-order valence-corrected chi connectivity index (χ0v) is 14.5. The van der Waals surface area contributed by atoms with Crippen LogP contribution in [0.3, 0.4) is 0 Å². The van der Waals surface area contributed by atoms with E-state index in [1.807, 2.05) is 0 Å². The maximum atomic E-state index is 9.34. The van der Waals surface area contributed by atoms with Crippen molar-refractivity contribution in [2.45, 2.75) is 90.3 Å². The molecule has 3 heteroatoms. The van der Waals surface area contributed by atoms with Crippen molar-refractivity contribution in [1.29, 1.82) is 0 Å². The molecule has 0 saturated carbocycles. The molecule has 0 fully saturated rings. The lowest BCUT2D eigenvalue weighted by atomic mass is 10.1. The van der Waals surface area contributed by atoms with Crippen LogP contribution in [0.15, 0.2) is 24.3 Å². The summed E-state index contributed by atoms with van der Waals surface area (Å²) in [5.74, 6) is 0. The van der Waals surface area contributed by atoms with Gasteiger partial charge in [0, 0.05) is 0 Å². The van der Waals surface area contributed by atoms with Crippen molar-refractivity contribution in [2.24, 2.45) is 5.73 Å². The summed E-state index contributed by atoms with van der Waals surface area (Å²) in [4.78, 5) is 0. The number of hydrogen-bond acceptors (Lipinski definition) is 3. The molecule has 0 saturated heterocycles. The van der Waals surface area contributed by atoms with Gasteiger partial charge in [-0.15, -0.1) is 0 Å². The van der Waals surface area contributed by atoms with E-state index in [-0.39, 0.29) is 6.73 Å². The average Bonchev–Trinajstić information content (AvgIpc) is 2.51. The molecular formula is C19H37NO2. The molecule has 130 valence electrons. The zero-order chi connectivity index (χ0) is 16.3. The van der Waals surface area contributed by atoms with E-state index in [2.05, 4.69) is 31.2 Å². The topological polar surface area (TPSA) is 55.5 Å². The van der Waals surface area contributed by atoms with Crippen molar-refractivity contribution in [3.63, 3.8) is 0 Å². The molecule has 0 aliphatic heterocycles. The molecule has 0 aliphatic rings. The van der Waals surface area contributed by atoms with Crippen LogP contribution < -0.4 is 5.73 Å². The van der Waals surface area contributed by atoms with Gasteiger partial charge in [0.2, 0.25) is 0 Å². The number of allylic oxidation sites excluding steroid dienone is 4. The van der Waals surface area contributed by atoms with Gasteiger partial charge >= 0.3 is 0 Å². The Morgan fingerprint density at radius 1 is 0.864 bits per heavy atom. The summed E-state index contributed by atoms with van der Waals surface area (Å²) in [6.45, 7) is 2.34. The Morgan fingerprint density at radius 2 is 1.45 bits per heavy atom. The highest BCUT2D eigenvalue weighted by atomic mass is 16.6. The van der Waals surface area contributed by atoms with Crippen molar-refractivity contribution in [1.82, 2.24) is 0 Å². The normalized spacial score (nSPS) is 13.4. The van der Waals surface area contributed by atoms with Gasteiger partial charge in [-0.05, 0) is 44.9 Å². The third kappa shape index (κ3) is 17.4. The highest BCUT2D eigenvalue weighted by Crippen LogP contribution is 2.09. The number of rotatable bonds is 16. The summed E-state index contributed by atoms with van der Waals surface area (Å²) in [6, 6.07) is 0. The van der Waals surface area contributed by atoms with Crippen LogP contribution in [0.4, 0.5) is 0 Å². The zero-order valence-electron chi connectivity index (χ0n) is 14.5. The lowest BCUT2D eigenvalue weighted by Crippen LogP contribution is -2.16. The fourth-order valence-corrected chi connectivity index (χ4v) is 2.32. The minimum absolute atomic E-state index is 0.0986. The van der Waals surface area contributed by atoms with Gasteiger partial charge in [-0.1, -0.05) is 63.3 Å². The smallest absolute Gasteiger partial charge is 0.156 e. The SMILES string of the molecule is CCCCC/C=C\C/C=C\CCCCCCCC(O)OCN. The summed E-state index contributed by atoms with van der Waals surface area (Å²) in [5.41, 5.74) is 5.19. The van der Waals surface area contributed by atoms with E-state index in [4.69, 9.17) is 10.5 Å². The second kappa shape index (κ2) is 18.4. The van der Waals surface area contributed by atoms with Gasteiger partial charge in [0.1, 0.15) is 0 Å². The van der Waals surface area contributed by atoms with Crippen LogP contribution in [-0.4, -0.2) is 18.1 Å². The van der Waals surface area contributed by atoms with Gasteiger partial charge < -0.3 is 15.6 Å². The molecule has 1 unspecified atom stereocenters. The molecule has 0 heterocycles. The minimum Gasteiger partial charge on any atom is -0.368 e. The van der Waals surface area contributed by atoms with Crippen LogP contribution in [0.2, 0.25) is 0 Å². The number of unbranched alkanes of at least 4 members (excludes halogenated alkanes) is 8. The van der Waals surface area contributed by atoms with E-state index < -0.39 is 6.29 Å². The molecule has 0 rings (SSSR count). The number of aliphatic hydroxyl groups excluding tert-OH is 1. The average molecular weight is 312 g/mol. The van der Waals surface area contributed by atoms with Crippen LogP contribution in [0.1, 0.15) is 84.0 Å². The van der Waals surface area contributed by atoms with Crippen LogP contribution >= 0.6 is 0 Å². The maximum Gasteiger partial charge on any atom is 0.156 e. The lowest BCUT2D eigenvalue weighted by molar-refractivity contribution is -0.102. The summed E-state index contributed by atoms with van der Waals surface area (Å²) in [7, 11) is 0. The van der Waals surface area contributed by atoms with Crippen molar-refractivity contribution in [3.8, 4) is 0 Å². The summed E-state index contributed by atoms with van der Waals surface area (Å²) < 4.78 is 4.88. The van der Waals surface area contributed by atoms with E-state index >= 15 is 0 Å². The third-order valence-electron chi connectivity index (χ3n) is 3.69. The van der Waals surface area contributed by atoms with Gasteiger partial charge in [0.25, 0.3) is 0 Å². The predicted molar refractivity (Wildman–Crippen MR) is 95.5 cm³/mol. The Kier molecular flexibility index (Phi) is 17.9. The van der Waals surface area contributed by atoms with Crippen LogP contribution in [-0.2, 0) is 4.74 Å². The first-order valence-electron chi connectivity index (χ1n) is 9.11. The van der Waals surface area contributed by atoms with Gasteiger partial charge in [-0.2, -0.15) is 0 Å². The van der Waals surface area contributed by atoms with Gasteiger partial charge in [0.15, 0.2) is 6.29 Å². The predicted octanol–water partition coefficient (Wildman–Crippen LogP) is 5.05. The molecule has 22 heavy (non-hydrogen) atoms. The Hall–Kier alpha value is -0.640. The van der Waals surface area contributed by atoms with Crippen LogP contribution in [0, 0.1) is 0 Å². The maximum absolute atomic E-state index is 9.34. The van der Waals surface area contributed by atoms with Gasteiger partial charge in [-0.25, -0.2) is 0 Å². The summed E-state index contributed by atoms with van der Waals surface area (Å²) in [6.07, 6.45) is 22.6. The monoisotopic (exact) mass is 311 g/mol. The van der Waals surface area contributed by atoms with E-state index in [1.165, 1.54) is 51.4 Å². The first-order valence-corrected chi connectivity index (χ1v) is 9.11. The Morgan fingerprint density at radius 3 is 2.09 bits per heavy atom. The second-order valence-corrected chi connectivity index (χ2v) is 5.81. The van der Waals surface area contributed by atoms with E-state index in [0.29, 0.717) is 6.42 Å². The molecule has 0 aromatic rings. The largest absolute Gasteiger partial charge is 0.368 e. The van der Waals surface area contributed by atoms with E-state index in [0.717, 1.165) is 19.3 Å². The molecule has 3 nitrogen and oxygen atoms in total. The minimum atomic E-state index is -0.678. The van der Waals surface area contributed by atoms with Crippen molar-refractivity contribution < 1.29 is 9.84 Å². The van der Waals surface area contributed by atoms with Gasteiger partial charge in [0.05, 0.1) is 6.73 Å². The standard InChI is InChI=1S/C19H37NO2/c1-2-3-4-5-6-7-8-9-10-11-12-13-14-15-16-17-19(21)22-18-20/h6-7,9-10,19,21H,2-5,8,11-18,20H2,1H3/b7-6-,10-9-. The molecule has 0 aromatic carbocycles. The number of nitrogens with two attached hydrogens (primary N) is 1. The molecule has 1 atom stereocenters. The first kappa shape index (κ1) is 21.4. The first-order chi connectivity index (χ1) is 10.8. The van der Waals surface area contributed by atoms with E-state index in [1.54, 1.807) is 0 Å². The molecule has 0 radical (unpaired) electrons. The van der Waals surface area contributed by atoms with Crippen molar-refractivity contribution >= 4 is 0 Å². The molecule has 3 N–H and O–H groups in total. The summed E-state index contributed by atoms with van der Waals surface area (Å²) in [5, 5.41) is 9.34. The Labute approximate surface area is 137 Å². The number of aliphatic hydroxyl groups is 1. The summed E-state index contributed by atoms with van der Waals surface area (Å²) >= 11 is 0. The molecule has 0 amide bonds. The highest BCUT2D eigenvalue weighted by Gasteiger charge is 2.01.